The number of alkyl halides is 1. The van der Waals surface area contributed by atoms with Crippen LogP contribution in [0.1, 0.15) is 40.4 Å². The molecule has 0 aliphatic carbocycles. The highest BCUT2D eigenvalue weighted by Crippen LogP contribution is 2.24. The number of halogens is 1. The lowest BCUT2D eigenvalue weighted by atomic mass is 10.0. The number of carbonyl (C=O) groups is 1. The lowest BCUT2D eigenvalue weighted by molar-refractivity contribution is 0.101. The van der Waals surface area contributed by atoms with Crippen molar-refractivity contribution in [2.24, 2.45) is 0 Å². The van der Waals surface area contributed by atoms with Crippen molar-refractivity contribution in [1.29, 1.82) is 0 Å². The van der Waals surface area contributed by atoms with Crippen LogP contribution in [0, 0.1) is 6.92 Å². The molecule has 0 heterocycles. The van der Waals surface area contributed by atoms with E-state index >= 15 is 0 Å². The molecule has 0 spiro atoms. The van der Waals surface area contributed by atoms with E-state index in [0.717, 1.165) is 18.4 Å². The quantitative estimate of drug-likeness (QED) is 0.506. The van der Waals surface area contributed by atoms with Gasteiger partial charge in [-0.25, -0.2) is 0 Å². The van der Waals surface area contributed by atoms with Crippen LogP contribution in [-0.4, -0.2) is 11.1 Å². The maximum absolute atomic E-state index is 12.0. The molecule has 0 bridgehead atoms. The van der Waals surface area contributed by atoms with Crippen molar-refractivity contribution >= 4 is 21.7 Å². The van der Waals surface area contributed by atoms with Crippen LogP contribution < -0.4 is 4.74 Å². The van der Waals surface area contributed by atoms with Gasteiger partial charge in [0.15, 0.2) is 5.78 Å². The average molecular weight is 361 g/mol. The Morgan fingerprint density at radius 3 is 2.41 bits per heavy atom. The monoisotopic (exact) mass is 360 g/mol. The molecule has 0 aliphatic rings. The summed E-state index contributed by atoms with van der Waals surface area (Å²) >= 11 is 3.23. The summed E-state index contributed by atoms with van der Waals surface area (Å²) in [6, 6.07) is 14.1. The number of hydrogen-bond donors (Lipinski definition) is 0. The van der Waals surface area contributed by atoms with E-state index in [-0.39, 0.29) is 5.78 Å². The molecule has 0 atom stereocenters. The molecule has 0 unspecified atom stereocenters. The zero-order valence-electron chi connectivity index (χ0n) is 13.1. The Kier molecular flexibility index (Phi) is 6.20. The Morgan fingerprint density at radius 1 is 1.09 bits per heavy atom. The van der Waals surface area contributed by atoms with Crippen LogP contribution in [0.5, 0.6) is 5.75 Å². The predicted octanol–water partition coefficient (Wildman–Crippen LogP) is 5.10. The molecule has 0 fully saturated rings. The number of rotatable bonds is 7. The third-order valence-corrected chi connectivity index (χ3v) is 4.03. The average Bonchev–Trinajstić information content (AvgIpc) is 2.54. The number of carbonyl (C=O) groups excluding carboxylic acids is 1. The lowest BCUT2D eigenvalue weighted by Crippen LogP contribution is -2.06. The molecule has 0 aliphatic heterocycles. The second-order valence-corrected chi connectivity index (χ2v) is 5.97. The van der Waals surface area contributed by atoms with Gasteiger partial charge in [-0.3, -0.25) is 4.79 Å². The zero-order chi connectivity index (χ0) is 15.9. The molecule has 2 aromatic carbocycles. The molecule has 0 saturated heterocycles. The Labute approximate surface area is 140 Å². The van der Waals surface area contributed by atoms with E-state index in [1.54, 1.807) is 0 Å². The first-order chi connectivity index (χ1) is 10.6. The first-order valence-corrected chi connectivity index (χ1v) is 8.66. The minimum absolute atomic E-state index is 0.0435. The Balaban J connectivity index is 2.20. The first-order valence-electron chi connectivity index (χ1n) is 7.54. The smallest absolute Gasteiger partial charge is 0.177 e. The van der Waals surface area contributed by atoms with Gasteiger partial charge in [0.25, 0.3) is 0 Å². The summed E-state index contributed by atoms with van der Waals surface area (Å²) in [7, 11) is 0. The van der Waals surface area contributed by atoms with Crippen LogP contribution >= 0.6 is 15.9 Å². The number of ketones is 1. The maximum Gasteiger partial charge on any atom is 0.177 e. The third kappa shape index (κ3) is 4.44. The Bertz CT molecular complexity index is 632. The van der Waals surface area contributed by atoms with Gasteiger partial charge in [0, 0.05) is 0 Å². The fraction of sp³-hybridized carbons (Fsp3) is 0.316. The summed E-state index contributed by atoms with van der Waals surface area (Å²) in [5.41, 5.74) is 4.17. The first kappa shape index (κ1) is 16.8. The summed E-state index contributed by atoms with van der Waals surface area (Å²) in [5.74, 6) is 0.720. The van der Waals surface area contributed by atoms with E-state index in [1.807, 2.05) is 18.2 Å². The van der Waals surface area contributed by atoms with E-state index in [4.69, 9.17) is 4.74 Å². The van der Waals surface area contributed by atoms with Crippen LogP contribution in [-0.2, 0) is 13.0 Å². The minimum atomic E-state index is 0.0435. The van der Waals surface area contributed by atoms with Crippen molar-refractivity contribution in [3.63, 3.8) is 0 Å². The molecule has 22 heavy (non-hydrogen) atoms. The van der Waals surface area contributed by atoms with Crippen molar-refractivity contribution in [1.82, 2.24) is 0 Å². The van der Waals surface area contributed by atoms with Gasteiger partial charge in [-0.05, 0) is 36.6 Å². The van der Waals surface area contributed by atoms with Crippen molar-refractivity contribution < 1.29 is 9.53 Å². The second-order valence-electron chi connectivity index (χ2n) is 5.41. The van der Waals surface area contributed by atoms with Gasteiger partial charge in [-0.15, -0.1) is 0 Å². The largest absolute Gasteiger partial charge is 0.488 e. The van der Waals surface area contributed by atoms with E-state index in [1.165, 1.54) is 11.1 Å². The molecular weight excluding hydrogens is 340 g/mol. The number of benzene rings is 2. The second kappa shape index (κ2) is 8.14. The number of aryl methyl sites for hydroxylation is 2. The summed E-state index contributed by atoms with van der Waals surface area (Å²) in [5, 5.41) is 0.307. The van der Waals surface area contributed by atoms with E-state index in [9.17, 15) is 4.79 Å². The van der Waals surface area contributed by atoms with Crippen molar-refractivity contribution in [2.75, 3.05) is 5.33 Å². The fourth-order valence-electron chi connectivity index (χ4n) is 2.28. The molecular formula is C19H21BrO2. The number of hydrogen-bond acceptors (Lipinski definition) is 2. The number of ether oxygens (including phenoxy) is 1. The van der Waals surface area contributed by atoms with E-state index in [0.29, 0.717) is 23.2 Å². The topological polar surface area (TPSA) is 26.3 Å². The maximum atomic E-state index is 12.0. The van der Waals surface area contributed by atoms with Crippen molar-refractivity contribution in [3.8, 4) is 5.75 Å². The standard InChI is InChI=1S/C19H21BrO2/c1-3-4-15-9-10-17(18(21)12-20)19(11-15)22-13-16-7-5-14(2)6-8-16/h5-11H,3-4,12-13H2,1-2H3. The lowest BCUT2D eigenvalue weighted by Gasteiger charge is -2.12. The summed E-state index contributed by atoms with van der Waals surface area (Å²) < 4.78 is 5.93. The SMILES string of the molecule is CCCc1ccc(C(=O)CBr)c(OCc2ccc(C)cc2)c1. The van der Waals surface area contributed by atoms with Crippen LogP contribution in [0.3, 0.4) is 0 Å². The van der Waals surface area contributed by atoms with Gasteiger partial charge in [-0.1, -0.05) is 65.2 Å². The normalized spacial score (nSPS) is 10.5. The Morgan fingerprint density at radius 2 is 1.77 bits per heavy atom. The van der Waals surface area contributed by atoms with Crippen molar-refractivity contribution in [2.45, 2.75) is 33.3 Å². The molecule has 2 aromatic rings. The molecule has 0 N–H and O–H groups in total. The summed E-state index contributed by atoms with van der Waals surface area (Å²) in [6.07, 6.45) is 2.06. The predicted molar refractivity (Wildman–Crippen MR) is 94.1 cm³/mol. The summed E-state index contributed by atoms with van der Waals surface area (Å²) in [6.45, 7) is 4.68. The van der Waals surface area contributed by atoms with Crippen LogP contribution in [0.15, 0.2) is 42.5 Å². The molecule has 0 saturated carbocycles. The van der Waals surface area contributed by atoms with Crippen LogP contribution in [0.2, 0.25) is 0 Å². The fourth-order valence-corrected chi connectivity index (χ4v) is 2.58. The van der Waals surface area contributed by atoms with Crippen molar-refractivity contribution in [3.05, 3.63) is 64.7 Å². The molecule has 2 nitrogen and oxygen atoms in total. The highest BCUT2D eigenvalue weighted by atomic mass is 79.9. The molecule has 0 radical (unpaired) electrons. The third-order valence-electron chi connectivity index (χ3n) is 3.52. The zero-order valence-corrected chi connectivity index (χ0v) is 14.7. The minimum Gasteiger partial charge on any atom is -0.488 e. The number of Topliss-reactive ketones (excluding diaryl/α,β-unsaturated/α-hetero) is 1. The van der Waals surface area contributed by atoms with Gasteiger partial charge in [0.1, 0.15) is 12.4 Å². The van der Waals surface area contributed by atoms with E-state index < -0.39 is 0 Å². The molecule has 0 amide bonds. The molecule has 0 aromatic heterocycles. The van der Waals surface area contributed by atoms with E-state index in [2.05, 4.69) is 54.0 Å². The van der Waals surface area contributed by atoms with Crippen LogP contribution in [0.4, 0.5) is 0 Å². The molecule has 2 rings (SSSR count). The van der Waals surface area contributed by atoms with Gasteiger partial charge in [-0.2, -0.15) is 0 Å². The summed E-state index contributed by atoms with van der Waals surface area (Å²) in [4.78, 5) is 12.0. The highest BCUT2D eigenvalue weighted by molar-refractivity contribution is 9.09. The van der Waals surface area contributed by atoms with Crippen LogP contribution in [0.25, 0.3) is 0 Å². The van der Waals surface area contributed by atoms with Gasteiger partial charge >= 0.3 is 0 Å². The van der Waals surface area contributed by atoms with Gasteiger partial charge in [0.2, 0.25) is 0 Å². The molecule has 3 heteroatoms. The molecule has 116 valence electrons. The van der Waals surface area contributed by atoms with Gasteiger partial charge < -0.3 is 4.74 Å². The Hall–Kier alpha value is -1.61. The highest BCUT2D eigenvalue weighted by Gasteiger charge is 2.12. The van der Waals surface area contributed by atoms with Gasteiger partial charge in [0.05, 0.1) is 10.9 Å².